The molecule has 0 unspecified atom stereocenters. The van der Waals surface area contributed by atoms with Crippen molar-refractivity contribution in [3.63, 3.8) is 0 Å². The number of ether oxygens (including phenoxy) is 1. The van der Waals surface area contributed by atoms with Crippen molar-refractivity contribution < 1.29 is 9.53 Å². The molecular formula is C10H20N2O2. The highest BCUT2D eigenvalue weighted by atomic mass is 16.5. The molecule has 14 heavy (non-hydrogen) atoms. The number of piperidine rings is 1. The second-order valence-corrected chi connectivity index (χ2v) is 3.89. The summed E-state index contributed by atoms with van der Waals surface area (Å²) in [6.07, 6.45) is 1.90. The normalized spacial score (nSPS) is 20.4. The second-order valence-electron chi connectivity index (χ2n) is 3.89. The molecule has 0 saturated carbocycles. The molecule has 4 heteroatoms. The minimum Gasteiger partial charge on any atom is -0.383 e. The maximum atomic E-state index is 11.7. The van der Waals surface area contributed by atoms with Crippen LogP contribution < -0.4 is 10.6 Å². The zero-order valence-corrected chi connectivity index (χ0v) is 9.01. The average molecular weight is 200 g/mol. The number of nitrogens with one attached hydrogen (secondary N) is 2. The molecule has 0 aliphatic carbocycles. The molecule has 0 spiro atoms. The van der Waals surface area contributed by atoms with Crippen molar-refractivity contribution in [1.29, 1.82) is 0 Å². The van der Waals surface area contributed by atoms with Gasteiger partial charge in [-0.05, 0) is 32.9 Å². The lowest BCUT2D eigenvalue weighted by atomic mass is 9.97. The molecule has 2 N–H and O–H groups in total. The fourth-order valence-electron chi connectivity index (χ4n) is 1.74. The SMILES string of the molecule is COC[C@H](C)NC(=O)C1CCNCC1. The molecule has 0 aromatic rings. The first-order valence-electron chi connectivity index (χ1n) is 5.24. The molecule has 1 aliphatic rings. The van der Waals surface area contributed by atoms with Gasteiger partial charge in [0, 0.05) is 19.1 Å². The van der Waals surface area contributed by atoms with E-state index in [-0.39, 0.29) is 17.9 Å². The second kappa shape index (κ2) is 5.98. The third-order valence-corrected chi connectivity index (χ3v) is 2.52. The summed E-state index contributed by atoms with van der Waals surface area (Å²) in [7, 11) is 1.65. The molecular weight excluding hydrogens is 180 g/mol. The van der Waals surface area contributed by atoms with Gasteiger partial charge in [0.1, 0.15) is 0 Å². The summed E-state index contributed by atoms with van der Waals surface area (Å²) in [4.78, 5) is 11.7. The molecule has 82 valence electrons. The van der Waals surface area contributed by atoms with Gasteiger partial charge < -0.3 is 15.4 Å². The summed E-state index contributed by atoms with van der Waals surface area (Å²) in [5.41, 5.74) is 0. The van der Waals surface area contributed by atoms with Crippen molar-refractivity contribution in [3.8, 4) is 0 Å². The summed E-state index contributed by atoms with van der Waals surface area (Å²) >= 11 is 0. The van der Waals surface area contributed by atoms with E-state index in [1.54, 1.807) is 7.11 Å². The quantitative estimate of drug-likeness (QED) is 0.678. The molecule has 1 aliphatic heterocycles. The van der Waals surface area contributed by atoms with Gasteiger partial charge in [0.05, 0.1) is 6.61 Å². The molecule has 0 bridgehead atoms. The van der Waals surface area contributed by atoms with Gasteiger partial charge in [-0.1, -0.05) is 0 Å². The predicted octanol–water partition coefficient (Wildman–Crippen LogP) is 0.137. The highest BCUT2D eigenvalue weighted by Gasteiger charge is 2.21. The fourth-order valence-corrected chi connectivity index (χ4v) is 1.74. The van der Waals surface area contributed by atoms with Crippen molar-refractivity contribution in [1.82, 2.24) is 10.6 Å². The van der Waals surface area contributed by atoms with E-state index in [1.807, 2.05) is 6.92 Å². The summed E-state index contributed by atoms with van der Waals surface area (Å²) in [6, 6.07) is 0.113. The minimum atomic E-state index is 0.113. The molecule has 1 amide bonds. The lowest BCUT2D eigenvalue weighted by Crippen LogP contribution is -2.43. The zero-order chi connectivity index (χ0) is 10.4. The van der Waals surface area contributed by atoms with Gasteiger partial charge >= 0.3 is 0 Å². The molecule has 1 rings (SSSR count). The molecule has 1 fully saturated rings. The minimum absolute atomic E-state index is 0.113. The van der Waals surface area contributed by atoms with Gasteiger partial charge in [-0.2, -0.15) is 0 Å². The van der Waals surface area contributed by atoms with E-state index in [9.17, 15) is 4.79 Å². The molecule has 0 radical (unpaired) electrons. The number of amides is 1. The van der Waals surface area contributed by atoms with Gasteiger partial charge in [-0.25, -0.2) is 0 Å². The van der Waals surface area contributed by atoms with Crippen LogP contribution in [-0.4, -0.2) is 38.8 Å². The Morgan fingerprint density at radius 3 is 2.79 bits per heavy atom. The van der Waals surface area contributed by atoms with E-state index in [2.05, 4.69) is 10.6 Å². The Hall–Kier alpha value is -0.610. The number of carbonyl (C=O) groups is 1. The topological polar surface area (TPSA) is 50.4 Å². The Morgan fingerprint density at radius 1 is 1.57 bits per heavy atom. The predicted molar refractivity (Wildman–Crippen MR) is 55.1 cm³/mol. The highest BCUT2D eigenvalue weighted by molar-refractivity contribution is 5.79. The lowest BCUT2D eigenvalue weighted by Gasteiger charge is -2.23. The van der Waals surface area contributed by atoms with Gasteiger partial charge in [0.15, 0.2) is 0 Å². The van der Waals surface area contributed by atoms with E-state index in [1.165, 1.54) is 0 Å². The molecule has 4 nitrogen and oxygen atoms in total. The molecule has 1 atom stereocenters. The lowest BCUT2D eigenvalue weighted by molar-refractivity contribution is -0.126. The van der Waals surface area contributed by atoms with Crippen LogP contribution in [0.15, 0.2) is 0 Å². The van der Waals surface area contributed by atoms with Crippen LogP contribution in [0.5, 0.6) is 0 Å². The van der Waals surface area contributed by atoms with Crippen LogP contribution in [0.3, 0.4) is 0 Å². The first-order chi connectivity index (χ1) is 6.74. The molecule has 0 aromatic heterocycles. The Morgan fingerprint density at radius 2 is 2.21 bits per heavy atom. The van der Waals surface area contributed by atoms with E-state index in [0.717, 1.165) is 25.9 Å². The molecule has 0 aromatic carbocycles. The maximum Gasteiger partial charge on any atom is 0.223 e. The number of methoxy groups -OCH3 is 1. The summed E-state index contributed by atoms with van der Waals surface area (Å²) < 4.78 is 4.96. The largest absolute Gasteiger partial charge is 0.383 e. The average Bonchev–Trinajstić information content (AvgIpc) is 2.19. The van der Waals surface area contributed by atoms with E-state index in [4.69, 9.17) is 4.74 Å². The number of hydrogen-bond donors (Lipinski definition) is 2. The van der Waals surface area contributed by atoms with Gasteiger partial charge in [0.2, 0.25) is 5.91 Å². The van der Waals surface area contributed by atoms with Crippen LogP contribution in [0.2, 0.25) is 0 Å². The van der Waals surface area contributed by atoms with Crippen LogP contribution in [0.1, 0.15) is 19.8 Å². The van der Waals surface area contributed by atoms with Crippen molar-refractivity contribution >= 4 is 5.91 Å². The van der Waals surface area contributed by atoms with Crippen LogP contribution >= 0.6 is 0 Å². The van der Waals surface area contributed by atoms with Crippen LogP contribution in [0.4, 0.5) is 0 Å². The van der Waals surface area contributed by atoms with Gasteiger partial charge in [0.25, 0.3) is 0 Å². The maximum absolute atomic E-state index is 11.7. The highest BCUT2D eigenvalue weighted by Crippen LogP contribution is 2.11. The first-order valence-corrected chi connectivity index (χ1v) is 5.24. The number of carbonyl (C=O) groups excluding carboxylic acids is 1. The van der Waals surface area contributed by atoms with Gasteiger partial charge in [-0.15, -0.1) is 0 Å². The Labute approximate surface area is 85.4 Å². The fraction of sp³-hybridized carbons (Fsp3) is 0.900. The summed E-state index contributed by atoms with van der Waals surface area (Å²) in [5, 5.41) is 6.20. The summed E-state index contributed by atoms with van der Waals surface area (Å²) in [5.74, 6) is 0.367. The summed E-state index contributed by atoms with van der Waals surface area (Å²) in [6.45, 7) is 4.45. The van der Waals surface area contributed by atoms with Crippen molar-refractivity contribution in [2.24, 2.45) is 5.92 Å². The van der Waals surface area contributed by atoms with Crippen molar-refractivity contribution in [3.05, 3.63) is 0 Å². The Kier molecular flexibility index (Phi) is 4.90. The van der Waals surface area contributed by atoms with E-state index in [0.29, 0.717) is 6.61 Å². The Balaban J connectivity index is 2.25. The number of hydrogen-bond acceptors (Lipinski definition) is 3. The smallest absolute Gasteiger partial charge is 0.223 e. The third kappa shape index (κ3) is 3.64. The first kappa shape index (κ1) is 11.5. The van der Waals surface area contributed by atoms with Crippen molar-refractivity contribution in [2.45, 2.75) is 25.8 Å². The van der Waals surface area contributed by atoms with Crippen LogP contribution in [0, 0.1) is 5.92 Å². The van der Waals surface area contributed by atoms with E-state index >= 15 is 0 Å². The van der Waals surface area contributed by atoms with Crippen molar-refractivity contribution in [2.75, 3.05) is 26.8 Å². The third-order valence-electron chi connectivity index (χ3n) is 2.52. The molecule has 1 saturated heterocycles. The van der Waals surface area contributed by atoms with Crippen LogP contribution in [0.25, 0.3) is 0 Å². The monoisotopic (exact) mass is 200 g/mol. The number of rotatable bonds is 4. The zero-order valence-electron chi connectivity index (χ0n) is 9.01. The van der Waals surface area contributed by atoms with Crippen LogP contribution in [-0.2, 0) is 9.53 Å². The molecule has 1 heterocycles. The Bertz CT molecular complexity index is 179. The van der Waals surface area contributed by atoms with Gasteiger partial charge in [-0.3, -0.25) is 4.79 Å². The van der Waals surface area contributed by atoms with E-state index < -0.39 is 0 Å². The standard InChI is InChI=1S/C10H20N2O2/c1-8(7-14-2)12-10(13)9-3-5-11-6-4-9/h8-9,11H,3-7H2,1-2H3,(H,12,13)/t8-/m0/s1.